The Bertz CT molecular complexity index is 864. The standard InChI is InChI=1S/C27H42FNO7/c1-25(2,3)34-22(30)19(16-18-10-12-20(13-11-18)33-15-14-28)17-21(23(31)35-26(4,5)6)29-24(32)36-27(7,8)9/h10-13,19,21H,14-17H2,1-9H3,(H,29,32)/t19-,21-/m0/s1. The molecule has 0 saturated heterocycles. The minimum absolute atomic E-state index is 0.0478. The number of amides is 1. The van der Waals surface area contributed by atoms with Gasteiger partial charge >= 0.3 is 18.0 Å². The predicted octanol–water partition coefficient (Wildman–Crippen LogP) is 5.16. The Kier molecular flexibility index (Phi) is 11.2. The second kappa shape index (κ2) is 12.9. The summed E-state index contributed by atoms with van der Waals surface area (Å²) in [4.78, 5) is 38.7. The molecule has 0 fully saturated rings. The Labute approximate surface area is 214 Å². The normalized spacial score (nSPS) is 13.8. The minimum Gasteiger partial charge on any atom is -0.491 e. The molecular formula is C27H42FNO7. The van der Waals surface area contributed by atoms with E-state index >= 15 is 0 Å². The summed E-state index contributed by atoms with van der Waals surface area (Å²) in [5.74, 6) is -1.48. The molecule has 0 radical (unpaired) electrons. The van der Waals surface area contributed by atoms with Gasteiger partial charge in [-0.1, -0.05) is 12.1 Å². The average molecular weight is 512 g/mol. The second-order valence-electron chi connectivity index (χ2n) is 11.6. The molecule has 2 atom stereocenters. The first-order chi connectivity index (χ1) is 16.4. The third kappa shape index (κ3) is 13.3. The molecule has 204 valence electrons. The van der Waals surface area contributed by atoms with Crippen LogP contribution in [0.3, 0.4) is 0 Å². The fourth-order valence-corrected chi connectivity index (χ4v) is 3.13. The Morgan fingerprint density at radius 1 is 0.806 bits per heavy atom. The van der Waals surface area contributed by atoms with Crippen LogP contribution in [-0.4, -0.2) is 54.2 Å². The molecule has 0 spiro atoms. The van der Waals surface area contributed by atoms with E-state index in [4.69, 9.17) is 18.9 Å². The number of nitrogens with one attached hydrogen (secondary N) is 1. The number of alkyl halides is 1. The van der Waals surface area contributed by atoms with E-state index in [1.54, 1.807) is 86.6 Å². The summed E-state index contributed by atoms with van der Waals surface area (Å²) in [5.41, 5.74) is -1.56. The van der Waals surface area contributed by atoms with Gasteiger partial charge in [0.25, 0.3) is 0 Å². The van der Waals surface area contributed by atoms with Crippen molar-refractivity contribution in [2.75, 3.05) is 13.3 Å². The molecule has 0 unspecified atom stereocenters. The van der Waals surface area contributed by atoms with E-state index < -0.39 is 53.5 Å². The van der Waals surface area contributed by atoms with Crippen LogP contribution in [0.4, 0.5) is 9.18 Å². The highest BCUT2D eigenvalue weighted by Crippen LogP contribution is 2.23. The Balaban J connectivity index is 3.21. The van der Waals surface area contributed by atoms with Crippen LogP contribution >= 0.6 is 0 Å². The van der Waals surface area contributed by atoms with Crippen molar-refractivity contribution in [2.24, 2.45) is 5.92 Å². The molecule has 0 aliphatic heterocycles. The summed E-state index contributed by atoms with van der Waals surface area (Å²) < 4.78 is 34.1. The summed E-state index contributed by atoms with van der Waals surface area (Å²) in [5, 5.41) is 2.56. The molecule has 0 saturated carbocycles. The molecule has 0 aliphatic rings. The molecular weight excluding hydrogens is 469 g/mol. The van der Waals surface area contributed by atoms with E-state index in [-0.39, 0.29) is 19.4 Å². The van der Waals surface area contributed by atoms with Crippen molar-refractivity contribution >= 4 is 18.0 Å². The zero-order chi connectivity index (χ0) is 27.7. The SMILES string of the molecule is CC(C)(C)OC(=O)N[C@@H](C[C@H](Cc1ccc(OCCF)cc1)C(=O)OC(C)(C)C)C(=O)OC(C)(C)C. The van der Waals surface area contributed by atoms with Gasteiger partial charge in [0.15, 0.2) is 0 Å². The van der Waals surface area contributed by atoms with Crippen LogP contribution in [0.1, 0.15) is 74.3 Å². The van der Waals surface area contributed by atoms with E-state index in [1.807, 2.05) is 0 Å². The van der Waals surface area contributed by atoms with Crippen molar-refractivity contribution in [3.63, 3.8) is 0 Å². The number of esters is 2. The lowest BCUT2D eigenvalue weighted by molar-refractivity contribution is -0.162. The molecule has 1 amide bonds. The molecule has 0 aliphatic carbocycles. The van der Waals surface area contributed by atoms with E-state index in [9.17, 15) is 18.8 Å². The van der Waals surface area contributed by atoms with Gasteiger partial charge in [0.05, 0.1) is 5.92 Å². The lowest BCUT2D eigenvalue weighted by atomic mass is 9.92. The summed E-state index contributed by atoms with van der Waals surface area (Å²) in [7, 11) is 0. The lowest BCUT2D eigenvalue weighted by Gasteiger charge is -2.29. The smallest absolute Gasteiger partial charge is 0.408 e. The zero-order valence-corrected chi connectivity index (χ0v) is 23.0. The van der Waals surface area contributed by atoms with Crippen LogP contribution in [0.5, 0.6) is 5.75 Å². The number of hydrogen-bond donors (Lipinski definition) is 1. The van der Waals surface area contributed by atoms with Crippen molar-refractivity contribution in [3.8, 4) is 5.75 Å². The number of alkyl carbamates (subject to hydrolysis) is 1. The maximum absolute atomic E-state index is 13.1. The summed E-state index contributed by atoms with van der Waals surface area (Å²) in [6.07, 6.45) is -0.632. The van der Waals surface area contributed by atoms with Gasteiger partial charge in [-0.25, -0.2) is 14.0 Å². The van der Waals surface area contributed by atoms with E-state index in [0.29, 0.717) is 5.75 Å². The van der Waals surface area contributed by atoms with Crippen molar-refractivity contribution in [1.82, 2.24) is 5.32 Å². The van der Waals surface area contributed by atoms with Gasteiger partial charge in [0, 0.05) is 0 Å². The van der Waals surface area contributed by atoms with Crippen molar-refractivity contribution in [3.05, 3.63) is 29.8 Å². The molecule has 1 aromatic carbocycles. The fraction of sp³-hybridized carbons (Fsp3) is 0.667. The highest BCUT2D eigenvalue weighted by atomic mass is 19.1. The van der Waals surface area contributed by atoms with Gasteiger partial charge < -0.3 is 24.3 Å². The number of hydrogen-bond acceptors (Lipinski definition) is 7. The van der Waals surface area contributed by atoms with Crippen LogP contribution in [0, 0.1) is 5.92 Å². The van der Waals surface area contributed by atoms with Crippen LogP contribution in [0.25, 0.3) is 0 Å². The number of ether oxygens (including phenoxy) is 4. The van der Waals surface area contributed by atoms with Gasteiger partial charge in [-0.2, -0.15) is 0 Å². The molecule has 0 aromatic heterocycles. The monoisotopic (exact) mass is 511 g/mol. The van der Waals surface area contributed by atoms with Crippen LogP contribution in [0.15, 0.2) is 24.3 Å². The first kappa shape index (κ1) is 31.2. The van der Waals surface area contributed by atoms with E-state index in [1.165, 1.54) is 0 Å². The third-order valence-electron chi connectivity index (χ3n) is 4.39. The summed E-state index contributed by atoms with van der Waals surface area (Å²) in [6, 6.07) is 5.73. The quantitative estimate of drug-likeness (QED) is 0.342. The van der Waals surface area contributed by atoms with Crippen molar-refractivity contribution in [1.29, 1.82) is 0 Å². The highest BCUT2D eigenvalue weighted by Gasteiger charge is 2.35. The molecule has 0 bridgehead atoms. The van der Waals surface area contributed by atoms with Gasteiger partial charge in [0.2, 0.25) is 0 Å². The van der Waals surface area contributed by atoms with Crippen LogP contribution in [-0.2, 0) is 30.2 Å². The molecule has 1 N–H and O–H groups in total. The Morgan fingerprint density at radius 2 is 1.31 bits per heavy atom. The Morgan fingerprint density at radius 3 is 1.78 bits per heavy atom. The average Bonchev–Trinajstić information content (AvgIpc) is 2.68. The van der Waals surface area contributed by atoms with Crippen LogP contribution in [0.2, 0.25) is 0 Å². The molecule has 0 heterocycles. The number of carbonyl (C=O) groups is 3. The maximum Gasteiger partial charge on any atom is 0.408 e. The summed E-state index contributed by atoms with van der Waals surface area (Å²) >= 11 is 0. The molecule has 1 aromatic rings. The zero-order valence-electron chi connectivity index (χ0n) is 23.0. The molecule has 8 nitrogen and oxygen atoms in total. The number of rotatable bonds is 10. The van der Waals surface area contributed by atoms with Gasteiger partial charge in [-0.15, -0.1) is 0 Å². The number of carbonyl (C=O) groups excluding carboxylic acids is 3. The molecule has 9 heteroatoms. The third-order valence-corrected chi connectivity index (χ3v) is 4.39. The first-order valence-electron chi connectivity index (χ1n) is 12.1. The largest absolute Gasteiger partial charge is 0.491 e. The Hall–Kier alpha value is -2.84. The topological polar surface area (TPSA) is 100 Å². The minimum atomic E-state index is -1.15. The van der Waals surface area contributed by atoms with Gasteiger partial charge in [-0.3, -0.25) is 4.79 Å². The number of benzene rings is 1. The van der Waals surface area contributed by atoms with Crippen molar-refractivity contribution < 1.29 is 37.7 Å². The molecule has 36 heavy (non-hydrogen) atoms. The van der Waals surface area contributed by atoms with E-state index in [2.05, 4.69) is 5.32 Å². The lowest BCUT2D eigenvalue weighted by Crippen LogP contribution is -2.48. The van der Waals surface area contributed by atoms with Gasteiger partial charge in [-0.05, 0) is 92.9 Å². The van der Waals surface area contributed by atoms with Gasteiger partial charge in [0.1, 0.15) is 41.9 Å². The second-order valence-corrected chi connectivity index (χ2v) is 11.6. The maximum atomic E-state index is 13.1. The fourth-order valence-electron chi connectivity index (χ4n) is 3.13. The van der Waals surface area contributed by atoms with Crippen LogP contribution < -0.4 is 10.1 Å². The number of halogens is 1. The first-order valence-corrected chi connectivity index (χ1v) is 12.1. The van der Waals surface area contributed by atoms with E-state index in [0.717, 1.165) is 5.56 Å². The summed E-state index contributed by atoms with van der Waals surface area (Å²) in [6.45, 7) is 14.9. The highest BCUT2D eigenvalue weighted by molar-refractivity contribution is 5.83. The molecule has 1 rings (SSSR count). The van der Waals surface area contributed by atoms with Crippen molar-refractivity contribution in [2.45, 2.75) is 98.0 Å². The predicted molar refractivity (Wildman–Crippen MR) is 135 cm³/mol.